The minimum atomic E-state index is -0.347. The van der Waals surface area contributed by atoms with Gasteiger partial charge in [0.25, 0.3) is 0 Å². The van der Waals surface area contributed by atoms with E-state index in [9.17, 15) is 19.2 Å². The zero-order valence-corrected chi connectivity index (χ0v) is 27.1. The summed E-state index contributed by atoms with van der Waals surface area (Å²) in [6.45, 7) is 4.82. The quantitative estimate of drug-likeness (QED) is 0.112. The van der Waals surface area contributed by atoms with Crippen LogP contribution in [0, 0.1) is 23.7 Å². The first kappa shape index (κ1) is 35.2. The number of nitrogens with zero attached hydrogens (tertiary/aromatic N) is 2. The number of fused-ring (bicyclic) bond motifs is 10. The Hall–Kier alpha value is -2.60. The van der Waals surface area contributed by atoms with Crippen LogP contribution in [0.5, 0.6) is 0 Å². The molecule has 0 aliphatic carbocycles. The molecular formula is C33H46N2O13. The average Bonchev–Trinajstić information content (AvgIpc) is 3.96. The Morgan fingerprint density at radius 3 is 1.42 bits per heavy atom. The lowest BCUT2D eigenvalue weighted by molar-refractivity contribution is -0.169. The number of rotatable bonds is 18. The van der Waals surface area contributed by atoms with Gasteiger partial charge in [-0.05, 0) is 19.3 Å². The number of ether oxygens (including phenoxy) is 8. The van der Waals surface area contributed by atoms with Crippen molar-refractivity contribution >= 4 is 23.6 Å². The van der Waals surface area contributed by atoms with Gasteiger partial charge in [-0.1, -0.05) is 24.3 Å². The smallest absolute Gasteiger partial charge is 0.236 e. The van der Waals surface area contributed by atoms with Crippen molar-refractivity contribution in [1.82, 2.24) is 9.80 Å². The number of amides is 4. The summed E-state index contributed by atoms with van der Waals surface area (Å²) >= 11 is 0. The fraction of sp³-hybridized carbons (Fsp3) is 0.758. The second kappa shape index (κ2) is 16.9. The van der Waals surface area contributed by atoms with Crippen molar-refractivity contribution in [2.24, 2.45) is 23.7 Å². The number of carbonyl (C=O) groups excluding carboxylic acids is 4. The third-order valence-corrected chi connectivity index (χ3v) is 9.57. The van der Waals surface area contributed by atoms with Crippen LogP contribution in [-0.2, 0) is 57.1 Å². The fourth-order valence-corrected chi connectivity index (χ4v) is 7.27. The third-order valence-electron chi connectivity index (χ3n) is 9.57. The van der Waals surface area contributed by atoms with E-state index < -0.39 is 0 Å². The molecular weight excluding hydrogens is 632 g/mol. The number of aliphatic hydroxyl groups is 1. The zero-order valence-electron chi connectivity index (χ0n) is 27.1. The van der Waals surface area contributed by atoms with Crippen molar-refractivity contribution in [3.63, 3.8) is 0 Å². The molecule has 4 amide bonds. The summed E-state index contributed by atoms with van der Waals surface area (Å²) in [5.74, 6) is -1.95. The van der Waals surface area contributed by atoms with Crippen molar-refractivity contribution in [1.29, 1.82) is 0 Å². The van der Waals surface area contributed by atoms with Crippen molar-refractivity contribution < 1.29 is 62.2 Å². The standard InChI is InChI=1S/C19H27NO7.C14H19NO6/c21-18-16-13-4-5-14(27-13)17(16)19(22)20(18)6-8-23-9-10-24-11-12-26-15-3-1-2-7-25-15;16-4-6-20-8-7-19-5-3-15-13(17)11-9-1-2-10(21-9)12(11)14(15)18/h4-5,13-17H,1-3,6-12H2;1-2,9-12,16H,3-8H2. The largest absolute Gasteiger partial charge is 0.394 e. The van der Waals surface area contributed by atoms with Crippen molar-refractivity contribution in [3.05, 3.63) is 24.3 Å². The Balaban J connectivity index is 0.000000173. The number of carbonyl (C=O) groups is 4. The van der Waals surface area contributed by atoms with E-state index in [2.05, 4.69) is 0 Å². The van der Waals surface area contributed by atoms with E-state index in [-0.39, 0.29) is 104 Å². The Labute approximate surface area is 279 Å². The molecule has 0 saturated carbocycles. The number of hydrogen-bond donors (Lipinski definition) is 1. The molecule has 0 spiro atoms. The Morgan fingerprint density at radius 2 is 1.00 bits per heavy atom. The SMILES string of the molecule is O=C1C2C3C=CC(O3)C2C(=O)N1CCOCCOCCO.O=C1C2C3C=CC(O3)C2C(=O)N1CCOCCOCCOC1CCCCO1. The summed E-state index contributed by atoms with van der Waals surface area (Å²) < 4.78 is 43.6. The van der Waals surface area contributed by atoms with Crippen LogP contribution in [0.4, 0.5) is 0 Å². The number of hydrogen-bond acceptors (Lipinski definition) is 13. The summed E-state index contributed by atoms with van der Waals surface area (Å²) in [7, 11) is 0. The van der Waals surface area contributed by atoms with Gasteiger partial charge in [0.05, 0.1) is 127 Å². The van der Waals surface area contributed by atoms with Crippen LogP contribution in [0.15, 0.2) is 24.3 Å². The molecule has 15 heteroatoms. The summed E-state index contributed by atoms with van der Waals surface area (Å²) in [5.41, 5.74) is 0. The van der Waals surface area contributed by atoms with Crippen molar-refractivity contribution in [2.75, 3.05) is 85.8 Å². The van der Waals surface area contributed by atoms with Crippen LogP contribution < -0.4 is 0 Å². The van der Waals surface area contributed by atoms with E-state index in [1.807, 2.05) is 24.3 Å². The highest BCUT2D eigenvalue weighted by molar-refractivity contribution is 6.07. The van der Waals surface area contributed by atoms with Gasteiger partial charge in [-0.3, -0.25) is 29.0 Å². The molecule has 0 radical (unpaired) electrons. The van der Waals surface area contributed by atoms with Gasteiger partial charge in [0.15, 0.2) is 6.29 Å². The highest BCUT2D eigenvalue weighted by Crippen LogP contribution is 2.46. The minimum Gasteiger partial charge on any atom is -0.394 e. The molecule has 0 aromatic heterocycles. The first-order valence-corrected chi connectivity index (χ1v) is 17.0. The summed E-state index contributed by atoms with van der Waals surface area (Å²) in [6, 6.07) is 0. The van der Waals surface area contributed by atoms with Crippen LogP contribution in [0.2, 0.25) is 0 Å². The molecule has 15 nitrogen and oxygen atoms in total. The van der Waals surface area contributed by atoms with E-state index in [1.165, 1.54) is 9.80 Å². The zero-order chi connectivity index (χ0) is 33.5. The van der Waals surface area contributed by atoms with Crippen LogP contribution in [0.3, 0.4) is 0 Å². The second-order valence-electron chi connectivity index (χ2n) is 12.5. The lowest BCUT2D eigenvalue weighted by Crippen LogP contribution is -2.37. The molecule has 9 unspecified atom stereocenters. The molecule has 1 N–H and O–H groups in total. The van der Waals surface area contributed by atoms with Crippen molar-refractivity contribution in [3.8, 4) is 0 Å². The van der Waals surface area contributed by atoms with Gasteiger partial charge < -0.3 is 43.0 Å². The molecule has 5 fully saturated rings. The number of likely N-dealkylation sites (tertiary alicyclic amines) is 2. The normalized spacial score (nSPS) is 34.1. The second-order valence-corrected chi connectivity index (χ2v) is 12.5. The molecule has 7 rings (SSSR count). The van der Waals surface area contributed by atoms with Crippen LogP contribution >= 0.6 is 0 Å². The van der Waals surface area contributed by atoms with Crippen LogP contribution in [-0.4, -0.2) is 155 Å². The maximum absolute atomic E-state index is 12.4. The van der Waals surface area contributed by atoms with Gasteiger partial charge in [0.1, 0.15) is 0 Å². The molecule has 7 aliphatic rings. The van der Waals surface area contributed by atoms with E-state index in [0.717, 1.165) is 25.9 Å². The monoisotopic (exact) mass is 678 g/mol. The predicted octanol–water partition coefficient (Wildman–Crippen LogP) is -0.548. The van der Waals surface area contributed by atoms with E-state index in [1.54, 1.807) is 0 Å². The minimum absolute atomic E-state index is 0.0159. The van der Waals surface area contributed by atoms with Gasteiger partial charge in [0, 0.05) is 6.61 Å². The van der Waals surface area contributed by atoms with Gasteiger partial charge in [-0.2, -0.15) is 0 Å². The number of aliphatic hydroxyl groups excluding tert-OH is 1. The van der Waals surface area contributed by atoms with Crippen LogP contribution in [0.25, 0.3) is 0 Å². The molecule has 7 aliphatic heterocycles. The Bertz CT molecular complexity index is 1150. The van der Waals surface area contributed by atoms with Gasteiger partial charge >= 0.3 is 0 Å². The molecule has 5 saturated heterocycles. The first-order chi connectivity index (χ1) is 23.5. The summed E-state index contributed by atoms with van der Waals surface area (Å²) in [4.78, 5) is 52.1. The lowest BCUT2D eigenvalue weighted by Gasteiger charge is -2.22. The third kappa shape index (κ3) is 7.74. The lowest BCUT2D eigenvalue weighted by atomic mass is 9.85. The van der Waals surface area contributed by atoms with Gasteiger partial charge in [-0.15, -0.1) is 0 Å². The van der Waals surface area contributed by atoms with E-state index in [0.29, 0.717) is 52.9 Å². The molecule has 4 bridgehead atoms. The Morgan fingerprint density at radius 1 is 0.583 bits per heavy atom. The maximum atomic E-state index is 12.4. The first-order valence-electron chi connectivity index (χ1n) is 17.0. The molecule has 9 atom stereocenters. The van der Waals surface area contributed by atoms with Crippen molar-refractivity contribution in [2.45, 2.75) is 50.0 Å². The van der Waals surface area contributed by atoms with Crippen LogP contribution in [0.1, 0.15) is 19.3 Å². The predicted molar refractivity (Wildman–Crippen MR) is 163 cm³/mol. The van der Waals surface area contributed by atoms with Gasteiger partial charge in [0.2, 0.25) is 23.6 Å². The van der Waals surface area contributed by atoms with E-state index in [4.69, 9.17) is 43.0 Å². The molecule has 48 heavy (non-hydrogen) atoms. The maximum Gasteiger partial charge on any atom is 0.236 e. The van der Waals surface area contributed by atoms with Gasteiger partial charge in [-0.25, -0.2) is 0 Å². The van der Waals surface area contributed by atoms with E-state index >= 15 is 0 Å². The molecule has 0 aromatic rings. The molecule has 0 aromatic carbocycles. The summed E-state index contributed by atoms with van der Waals surface area (Å²) in [6.07, 6.45) is 9.66. The average molecular weight is 679 g/mol. The summed E-state index contributed by atoms with van der Waals surface area (Å²) in [5, 5.41) is 8.53. The Kier molecular flexibility index (Phi) is 12.4. The molecule has 266 valence electrons. The highest BCUT2D eigenvalue weighted by atomic mass is 16.7. The fourth-order valence-electron chi connectivity index (χ4n) is 7.27. The highest BCUT2D eigenvalue weighted by Gasteiger charge is 2.61. The topological polar surface area (TPSA) is 169 Å². The number of imide groups is 2. The molecule has 7 heterocycles.